The van der Waals surface area contributed by atoms with Gasteiger partial charge in [0, 0.05) is 6.42 Å². The number of nitrogens with one attached hydrogen (secondary N) is 1. The van der Waals surface area contributed by atoms with Gasteiger partial charge in [-0.3, -0.25) is 4.79 Å². The van der Waals surface area contributed by atoms with Gasteiger partial charge < -0.3 is 40.3 Å². The highest BCUT2D eigenvalue weighted by molar-refractivity contribution is 5.76. The van der Waals surface area contributed by atoms with E-state index >= 15 is 0 Å². The summed E-state index contributed by atoms with van der Waals surface area (Å²) in [6, 6.07) is -0.715. The van der Waals surface area contributed by atoms with Crippen LogP contribution in [0.15, 0.2) is 12.2 Å². The van der Waals surface area contributed by atoms with Crippen LogP contribution in [0.4, 0.5) is 0 Å². The third-order valence-corrected chi connectivity index (χ3v) is 14.9. The van der Waals surface area contributed by atoms with Gasteiger partial charge in [0.15, 0.2) is 6.29 Å². The Kier molecular flexibility index (Phi) is 48.2. The second-order valence-electron chi connectivity index (χ2n) is 21.5. The summed E-state index contributed by atoms with van der Waals surface area (Å²) in [4.78, 5) is 13.1. The van der Waals surface area contributed by atoms with Crippen LogP contribution in [0.25, 0.3) is 0 Å². The number of hydrogen-bond donors (Lipinski definition) is 6. The fourth-order valence-electron chi connectivity index (χ4n) is 10.0. The highest BCUT2D eigenvalue weighted by Crippen LogP contribution is 2.23. The van der Waals surface area contributed by atoms with E-state index in [0.29, 0.717) is 12.8 Å². The Morgan fingerprint density at radius 1 is 0.478 bits per heavy atom. The number of allylic oxidation sites excluding steroid dienone is 2. The van der Waals surface area contributed by atoms with Gasteiger partial charge in [-0.1, -0.05) is 276 Å². The maximum absolute atomic E-state index is 13.1. The molecule has 1 amide bonds. The number of aliphatic hydroxyl groups is 5. The molecule has 9 heteroatoms. The van der Waals surface area contributed by atoms with Gasteiger partial charge in [0.1, 0.15) is 24.4 Å². The summed E-state index contributed by atoms with van der Waals surface area (Å²) in [7, 11) is 0. The van der Waals surface area contributed by atoms with Crippen LogP contribution >= 0.6 is 0 Å². The van der Waals surface area contributed by atoms with Crippen LogP contribution in [-0.4, -0.2) is 87.5 Å². The second-order valence-corrected chi connectivity index (χ2v) is 21.5. The predicted molar refractivity (Wildman–Crippen MR) is 291 cm³/mol. The van der Waals surface area contributed by atoms with Crippen molar-refractivity contribution in [3.8, 4) is 0 Å². The van der Waals surface area contributed by atoms with Gasteiger partial charge in [0.05, 0.1) is 25.4 Å². The van der Waals surface area contributed by atoms with Crippen molar-refractivity contribution in [3.05, 3.63) is 12.2 Å². The van der Waals surface area contributed by atoms with Gasteiger partial charge in [-0.05, 0) is 38.5 Å². The lowest BCUT2D eigenvalue weighted by Gasteiger charge is -2.40. The molecule has 1 aliphatic rings. The Bertz CT molecular complexity index is 1090. The maximum Gasteiger partial charge on any atom is 0.220 e. The number of carbonyl (C=O) groups is 1. The molecule has 0 spiro atoms. The Hall–Kier alpha value is -1.07. The molecule has 7 unspecified atom stereocenters. The van der Waals surface area contributed by atoms with Crippen molar-refractivity contribution in [1.82, 2.24) is 5.32 Å². The lowest BCUT2D eigenvalue weighted by atomic mass is 9.99. The molecule has 0 aromatic carbocycles. The smallest absolute Gasteiger partial charge is 0.220 e. The summed E-state index contributed by atoms with van der Waals surface area (Å²) in [5.74, 6) is -0.137. The zero-order valence-corrected chi connectivity index (χ0v) is 45.6. The fraction of sp³-hybridized carbons (Fsp3) is 0.950. The number of ether oxygens (including phenoxy) is 2. The van der Waals surface area contributed by atoms with Crippen LogP contribution in [0, 0.1) is 0 Å². The van der Waals surface area contributed by atoms with Crippen LogP contribution in [-0.2, 0) is 14.3 Å². The lowest BCUT2D eigenvalue weighted by molar-refractivity contribution is -0.302. The van der Waals surface area contributed by atoms with E-state index in [4.69, 9.17) is 9.47 Å². The minimum atomic E-state index is -1.55. The highest BCUT2D eigenvalue weighted by atomic mass is 16.7. The molecule has 0 radical (unpaired) electrons. The van der Waals surface area contributed by atoms with Crippen molar-refractivity contribution in [2.75, 3.05) is 13.2 Å². The molecule has 1 aliphatic heterocycles. The Balaban J connectivity index is 2.13. The summed E-state index contributed by atoms with van der Waals surface area (Å²) >= 11 is 0. The maximum atomic E-state index is 13.1. The monoisotopic (exact) mass is 980 g/mol. The summed E-state index contributed by atoms with van der Waals surface area (Å²) in [5, 5.41) is 54.7. The SMILES string of the molecule is CCCCCCCCCC/C=C\CCCCCCCCCCCCCCCCCCCC(=O)NC(COC1OC(CO)C(O)C(O)C1O)C(O)CCCCCCCCCCCCCCCCCCC. The normalized spacial score (nSPS) is 19.4. The van der Waals surface area contributed by atoms with E-state index in [1.165, 1.54) is 244 Å². The first-order valence-corrected chi connectivity index (χ1v) is 30.4. The average molecular weight is 981 g/mol. The molecule has 0 saturated carbocycles. The molecule has 69 heavy (non-hydrogen) atoms. The molecule has 410 valence electrons. The second kappa shape index (κ2) is 50.5. The third kappa shape index (κ3) is 40.1. The van der Waals surface area contributed by atoms with E-state index in [1.54, 1.807) is 0 Å². The molecular weight excluding hydrogens is 863 g/mol. The van der Waals surface area contributed by atoms with E-state index in [2.05, 4.69) is 31.3 Å². The molecule has 0 aromatic rings. The number of carbonyl (C=O) groups excluding carboxylic acids is 1. The lowest BCUT2D eigenvalue weighted by Crippen LogP contribution is -2.60. The minimum absolute atomic E-state index is 0.132. The van der Waals surface area contributed by atoms with Gasteiger partial charge in [-0.2, -0.15) is 0 Å². The highest BCUT2D eigenvalue weighted by Gasteiger charge is 2.44. The number of hydrogen-bond acceptors (Lipinski definition) is 8. The molecule has 1 rings (SSSR count). The molecular formula is C60H117NO8. The van der Waals surface area contributed by atoms with Crippen LogP contribution < -0.4 is 5.32 Å². The first-order valence-electron chi connectivity index (χ1n) is 30.4. The van der Waals surface area contributed by atoms with E-state index in [9.17, 15) is 30.3 Å². The van der Waals surface area contributed by atoms with E-state index in [0.717, 1.165) is 38.5 Å². The molecule has 0 aromatic heterocycles. The van der Waals surface area contributed by atoms with Crippen molar-refractivity contribution in [3.63, 3.8) is 0 Å². The van der Waals surface area contributed by atoms with Crippen molar-refractivity contribution in [2.45, 2.75) is 352 Å². The van der Waals surface area contributed by atoms with Crippen molar-refractivity contribution in [2.24, 2.45) is 0 Å². The Morgan fingerprint density at radius 2 is 0.812 bits per heavy atom. The van der Waals surface area contributed by atoms with Gasteiger partial charge in [-0.25, -0.2) is 0 Å². The van der Waals surface area contributed by atoms with E-state index in [1.807, 2.05) is 0 Å². The first-order chi connectivity index (χ1) is 33.8. The zero-order valence-electron chi connectivity index (χ0n) is 45.6. The Labute approximate surface area is 426 Å². The van der Waals surface area contributed by atoms with Gasteiger partial charge in [-0.15, -0.1) is 0 Å². The van der Waals surface area contributed by atoms with Crippen molar-refractivity contribution >= 4 is 5.91 Å². The molecule has 7 atom stereocenters. The molecule has 9 nitrogen and oxygen atoms in total. The third-order valence-electron chi connectivity index (χ3n) is 14.9. The summed E-state index contributed by atoms with van der Waals surface area (Å²) in [5.41, 5.74) is 0. The largest absolute Gasteiger partial charge is 0.394 e. The van der Waals surface area contributed by atoms with Gasteiger partial charge in [0.2, 0.25) is 5.91 Å². The van der Waals surface area contributed by atoms with Crippen LogP contribution in [0.3, 0.4) is 0 Å². The predicted octanol–water partition coefficient (Wildman–Crippen LogP) is 15.2. The number of rotatable bonds is 53. The Morgan fingerprint density at radius 3 is 1.17 bits per heavy atom. The molecule has 1 fully saturated rings. The average Bonchev–Trinajstić information content (AvgIpc) is 3.35. The molecule has 0 bridgehead atoms. The number of amides is 1. The minimum Gasteiger partial charge on any atom is -0.394 e. The van der Waals surface area contributed by atoms with Gasteiger partial charge >= 0.3 is 0 Å². The zero-order chi connectivity index (χ0) is 50.1. The quantitative estimate of drug-likeness (QED) is 0.0261. The molecule has 1 saturated heterocycles. The van der Waals surface area contributed by atoms with Crippen LogP contribution in [0.2, 0.25) is 0 Å². The summed E-state index contributed by atoms with van der Waals surface area (Å²) < 4.78 is 11.3. The van der Waals surface area contributed by atoms with Crippen molar-refractivity contribution < 1.29 is 39.8 Å². The first kappa shape index (κ1) is 65.9. The number of unbranched alkanes of at least 4 members (excludes halogenated alkanes) is 41. The topological polar surface area (TPSA) is 149 Å². The van der Waals surface area contributed by atoms with Gasteiger partial charge in [0.25, 0.3) is 0 Å². The molecule has 1 heterocycles. The standard InChI is InChI=1S/C60H117NO8/c1-3-5-7-9-11-13-15-17-19-21-22-23-24-25-26-27-28-29-30-31-32-34-36-38-40-42-44-46-48-50-56(64)61-53(52-68-60-59(67)58(66)57(65)55(51-62)69-60)54(63)49-47-45-43-41-39-37-35-33-20-18-16-14-12-10-8-6-4-2/h21-22,53-55,57-60,62-63,65-67H,3-20,23-52H2,1-2H3,(H,61,64)/b22-21-. The summed E-state index contributed by atoms with van der Waals surface area (Å²) in [6.07, 6.45) is 55.4. The van der Waals surface area contributed by atoms with E-state index in [-0.39, 0.29) is 12.5 Å². The van der Waals surface area contributed by atoms with Crippen LogP contribution in [0.1, 0.15) is 309 Å². The number of aliphatic hydroxyl groups excluding tert-OH is 5. The molecule has 0 aliphatic carbocycles. The van der Waals surface area contributed by atoms with E-state index < -0.39 is 49.5 Å². The summed E-state index contributed by atoms with van der Waals surface area (Å²) in [6.45, 7) is 3.88. The van der Waals surface area contributed by atoms with Crippen molar-refractivity contribution in [1.29, 1.82) is 0 Å². The fourth-order valence-corrected chi connectivity index (χ4v) is 10.0. The van der Waals surface area contributed by atoms with Crippen LogP contribution in [0.5, 0.6) is 0 Å². The molecule has 6 N–H and O–H groups in total.